The van der Waals surface area contributed by atoms with Crippen LogP contribution < -0.4 is 25.8 Å². The topological polar surface area (TPSA) is 163 Å². The first kappa shape index (κ1) is 32.6. The molecule has 2 aromatic carbocycles. The van der Waals surface area contributed by atoms with Gasteiger partial charge in [-0.3, -0.25) is 34.3 Å². The molecular weight excluding hydrogens is 674 g/mol. The number of hydrogen-bond donors (Lipinski definition) is 4. The van der Waals surface area contributed by atoms with Crippen LogP contribution in [0.15, 0.2) is 48.5 Å². The molecule has 53 heavy (non-hydrogen) atoms. The van der Waals surface area contributed by atoms with Crippen molar-refractivity contribution >= 4 is 40.8 Å². The number of aromatic hydroxyl groups is 1. The smallest absolute Gasteiger partial charge is 0.262 e. The molecule has 4 N–H and O–H groups in total. The highest BCUT2D eigenvalue weighted by Gasteiger charge is 2.68. The second-order valence-electron chi connectivity index (χ2n) is 16.3. The Hall–Kier alpha value is -5.08. The maximum atomic E-state index is 13.3. The van der Waals surface area contributed by atoms with E-state index in [0.29, 0.717) is 39.9 Å². The van der Waals surface area contributed by atoms with E-state index in [1.54, 1.807) is 18.2 Å². The molecule has 3 aromatic rings. The fraction of sp³-hybridized carbons (Fsp3) is 0.487. The van der Waals surface area contributed by atoms with E-state index in [2.05, 4.69) is 46.9 Å². The fourth-order valence-corrected chi connectivity index (χ4v) is 10.5. The van der Waals surface area contributed by atoms with Crippen LogP contribution in [0.4, 0.5) is 17.2 Å². The lowest BCUT2D eigenvalue weighted by molar-refractivity contribution is -0.173. The van der Waals surface area contributed by atoms with Crippen LogP contribution in [-0.2, 0) is 9.59 Å². The SMILES string of the molecule is O=C1CCC(N2C(=O)c3ccc(N4CCC(NC56CC(CN7CCN8c9cc(-c%10ccccc%10O)nnc9NC[C@H]8C7)(C5)C6)CC4)cc3C2=O)C(=O)N1. The standard InChI is InChI=1S/C39H43N9O5/c49-32-4-2-1-3-27(32)29-16-31-34(44-43-29)40-17-25-18-45(13-14-47(25)31)22-38-19-39(20-38,21-38)42-23-9-11-46(12-10-23)24-5-6-26-28(15-24)37(53)48(36(26)52)30-7-8-33(50)41-35(30)51/h1-6,15-16,23,25,30,42,49H,7-14,17-22H2,(H,40,44)(H,41,50,51)/t25-,30?,38?,39?/m0/s1. The quantitative estimate of drug-likeness (QED) is 0.265. The molecule has 1 aromatic heterocycles. The van der Waals surface area contributed by atoms with E-state index in [9.17, 15) is 24.3 Å². The van der Waals surface area contributed by atoms with Crippen LogP contribution in [0.2, 0.25) is 0 Å². The molecule has 3 saturated heterocycles. The first-order valence-corrected chi connectivity index (χ1v) is 18.9. The number of para-hydroxylation sites is 1. The molecule has 6 heterocycles. The summed E-state index contributed by atoms with van der Waals surface area (Å²) in [7, 11) is 0. The number of piperazine rings is 1. The Morgan fingerprint density at radius 3 is 2.45 bits per heavy atom. The number of piperidine rings is 2. The third-order valence-corrected chi connectivity index (χ3v) is 12.8. The third-order valence-electron chi connectivity index (χ3n) is 12.8. The van der Waals surface area contributed by atoms with Crippen LogP contribution in [0.5, 0.6) is 5.75 Å². The number of fused-ring (bicyclic) bond motifs is 4. The Morgan fingerprint density at radius 2 is 1.66 bits per heavy atom. The van der Waals surface area contributed by atoms with Crippen molar-refractivity contribution in [3.8, 4) is 17.0 Å². The van der Waals surface area contributed by atoms with Gasteiger partial charge in [0.1, 0.15) is 11.8 Å². The van der Waals surface area contributed by atoms with Crippen LogP contribution in [0.25, 0.3) is 11.3 Å². The van der Waals surface area contributed by atoms with E-state index in [4.69, 9.17) is 0 Å². The van der Waals surface area contributed by atoms with Crippen molar-refractivity contribution in [1.29, 1.82) is 0 Å². The van der Waals surface area contributed by atoms with Crippen molar-refractivity contribution in [3.05, 3.63) is 59.7 Å². The monoisotopic (exact) mass is 717 g/mol. The van der Waals surface area contributed by atoms with Crippen LogP contribution in [0.1, 0.15) is 65.7 Å². The number of anilines is 3. The van der Waals surface area contributed by atoms with E-state index in [1.807, 2.05) is 24.3 Å². The molecule has 6 fully saturated rings. The number of carbonyl (C=O) groups is 4. The van der Waals surface area contributed by atoms with Crippen molar-refractivity contribution in [2.24, 2.45) is 5.41 Å². The number of amides is 4. The maximum Gasteiger partial charge on any atom is 0.262 e. The van der Waals surface area contributed by atoms with Crippen LogP contribution >= 0.6 is 0 Å². The van der Waals surface area contributed by atoms with E-state index in [-0.39, 0.29) is 30.0 Å². The molecule has 5 aliphatic heterocycles. The van der Waals surface area contributed by atoms with Crippen LogP contribution in [0.3, 0.4) is 0 Å². The summed E-state index contributed by atoms with van der Waals surface area (Å²) in [4.78, 5) is 59.0. The molecule has 2 bridgehead atoms. The molecule has 2 atom stereocenters. The number of imide groups is 2. The van der Waals surface area contributed by atoms with Crippen LogP contribution in [0, 0.1) is 5.41 Å². The average molecular weight is 718 g/mol. The third kappa shape index (κ3) is 5.36. The van der Waals surface area contributed by atoms with Gasteiger partial charge in [-0.05, 0) is 80.3 Å². The molecule has 4 amide bonds. The molecule has 0 spiro atoms. The Morgan fingerprint density at radius 1 is 0.868 bits per heavy atom. The lowest BCUT2D eigenvalue weighted by Crippen LogP contribution is -2.78. The van der Waals surface area contributed by atoms with Gasteiger partial charge in [-0.1, -0.05) is 12.1 Å². The number of rotatable bonds is 7. The zero-order valence-corrected chi connectivity index (χ0v) is 29.5. The largest absolute Gasteiger partial charge is 0.507 e. The number of aromatic nitrogens is 2. The predicted molar refractivity (Wildman–Crippen MR) is 196 cm³/mol. The maximum absolute atomic E-state index is 13.3. The van der Waals surface area contributed by atoms with Crippen molar-refractivity contribution in [1.82, 2.24) is 30.6 Å². The highest BCUT2D eigenvalue weighted by Crippen LogP contribution is 2.67. The van der Waals surface area contributed by atoms with Gasteiger partial charge in [0.25, 0.3) is 11.8 Å². The van der Waals surface area contributed by atoms with E-state index < -0.39 is 23.8 Å². The molecule has 274 valence electrons. The van der Waals surface area contributed by atoms with E-state index in [0.717, 1.165) is 80.7 Å². The summed E-state index contributed by atoms with van der Waals surface area (Å²) >= 11 is 0. The normalized spacial score (nSPS) is 29.5. The summed E-state index contributed by atoms with van der Waals surface area (Å²) in [6.07, 6.45) is 5.97. The van der Waals surface area contributed by atoms with Crippen molar-refractivity contribution in [3.63, 3.8) is 0 Å². The molecule has 0 radical (unpaired) electrons. The summed E-state index contributed by atoms with van der Waals surface area (Å²) in [5.41, 5.74) is 4.67. The minimum Gasteiger partial charge on any atom is -0.507 e. The number of phenols is 1. The van der Waals surface area contributed by atoms with Gasteiger partial charge >= 0.3 is 0 Å². The Labute approximate surface area is 306 Å². The fourth-order valence-electron chi connectivity index (χ4n) is 10.5. The van der Waals surface area contributed by atoms with Gasteiger partial charge in [0.2, 0.25) is 11.8 Å². The molecule has 3 aliphatic carbocycles. The van der Waals surface area contributed by atoms with E-state index >= 15 is 0 Å². The highest BCUT2D eigenvalue weighted by atomic mass is 16.3. The molecular formula is C39H43N9O5. The lowest BCUT2D eigenvalue weighted by Gasteiger charge is -2.73. The van der Waals surface area contributed by atoms with Crippen LogP contribution in [-0.4, -0.2) is 118 Å². The van der Waals surface area contributed by atoms with Gasteiger partial charge in [0.15, 0.2) is 5.82 Å². The summed E-state index contributed by atoms with van der Waals surface area (Å²) in [5, 5.41) is 29.1. The Balaban J connectivity index is 0.710. The molecule has 11 rings (SSSR count). The van der Waals surface area contributed by atoms with Gasteiger partial charge in [0, 0.05) is 75.1 Å². The van der Waals surface area contributed by atoms with Gasteiger partial charge < -0.3 is 25.5 Å². The van der Waals surface area contributed by atoms with E-state index in [1.165, 1.54) is 19.3 Å². The number of hydrogen-bond acceptors (Lipinski definition) is 12. The number of nitrogens with zero attached hydrogens (tertiary/aromatic N) is 6. The first-order valence-electron chi connectivity index (χ1n) is 18.9. The number of phenolic OH excluding ortho intramolecular Hbond substituents is 1. The average Bonchev–Trinajstić information content (AvgIpc) is 3.38. The molecule has 14 nitrogen and oxygen atoms in total. The van der Waals surface area contributed by atoms with Gasteiger partial charge in [-0.2, -0.15) is 0 Å². The van der Waals surface area contributed by atoms with Crippen molar-refractivity contribution < 1.29 is 24.3 Å². The van der Waals surface area contributed by atoms with Crippen molar-refractivity contribution in [2.45, 2.75) is 68.6 Å². The molecule has 1 unspecified atom stereocenters. The minimum absolute atomic E-state index is 0.105. The highest BCUT2D eigenvalue weighted by molar-refractivity contribution is 6.23. The summed E-state index contributed by atoms with van der Waals surface area (Å²) in [5.74, 6) is -0.894. The lowest BCUT2D eigenvalue weighted by atomic mass is 9.39. The second-order valence-corrected chi connectivity index (χ2v) is 16.3. The first-order chi connectivity index (χ1) is 25.7. The van der Waals surface area contributed by atoms with Gasteiger partial charge in [-0.15, -0.1) is 10.2 Å². The second kappa shape index (κ2) is 12.0. The van der Waals surface area contributed by atoms with Crippen molar-refractivity contribution in [2.75, 3.05) is 60.9 Å². The van der Waals surface area contributed by atoms with Gasteiger partial charge in [0.05, 0.1) is 28.6 Å². The molecule has 8 aliphatic rings. The molecule has 14 heteroatoms. The predicted octanol–water partition coefficient (Wildman–Crippen LogP) is 2.35. The zero-order valence-electron chi connectivity index (χ0n) is 29.5. The number of carbonyl (C=O) groups excluding carboxylic acids is 4. The number of nitrogens with one attached hydrogen (secondary N) is 3. The summed E-state index contributed by atoms with van der Waals surface area (Å²) < 4.78 is 0. The number of benzene rings is 2. The summed E-state index contributed by atoms with van der Waals surface area (Å²) in [6.45, 7) is 6.67. The zero-order chi connectivity index (χ0) is 36.1. The van der Waals surface area contributed by atoms with Gasteiger partial charge in [-0.25, -0.2) is 0 Å². The Kier molecular flexibility index (Phi) is 7.35. The molecule has 3 saturated carbocycles. The summed E-state index contributed by atoms with van der Waals surface area (Å²) in [6, 6.07) is 14.6. The minimum atomic E-state index is -0.957. The Bertz CT molecular complexity index is 2040.